The molecule has 1 amide bonds. The van der Waals surface area contributed by atoms with E-state index in [1.807, 2.05) is 12.1 Å². The summed E-state index contributed by atoms with van der Waals surface area (Å²) in [4.78, 5) is 13.8. The van der Waals surface area contributed by atoms with Crippen LogP contribution in [0.4, 0.5) is 5.69 Å². The lowest BCUT2D eigenvalue weighted by atomic mass is 10.0. The Morgan fingerprint density at radius 2 is 1.90 bits per heavy atom. The molecule has 0 saturated carbocycles. The zero-order valence-corrected chi connectivity index (χ0v) is 19.2. The molecule has 0 atom stereocenters. The van der Waals surface area contributed by atoms with Gasteiger partial charge < -0.3 is 20.5 Å². The van der Waals surface area contributed by atoms with Crippen molar-refractivity contribution in [3.8, 4) is 11.5 Å². The number of likely N-dealkylation sites (tertiary alicyclic amines) is 1. The summed E-state index contributed by atoms with van der Waals surface area (Å²) in [6, 6.07) is 11.5. The summed E-state index contributed by atoms with van der Waals surface area (Å²) in [5, 5.41) is 17.0. The topological polar surface area (TPSA) is 73.8 Å². The summed E-state index contributed by atoms with van der Waals surface area (Å²) in [5.74, 6) is 0.109. The molecule has 2 aromatic carbocycles. The van der Waals surface area contributed by atoms with Crippen molar-refractivity contribution in [3.05, 3.63) is 52.0 Å². The van der Waals surface area contributed by atoms with Crippen molar-refractivity contribution in [2.45, 2.75) is 38.8 Å². The molecule has 0 aromatic heterocycles. The molecule has 1 aliphatic heterocycles. The summed E-state index contributed by atoms with van der Waals surface area (Å²) in [6.07, 6.45) is 3.05. The van der Waals surface area contributed by atoms with Crippen LogP contribution in [0.2, 0.25) is 10.0 Å². The summed E-state index contributed by atoms with van der Waals surface area (Å²) in [7, 11) is 0. The quantitative estimate of drug-likeness (QED) is 0.370. The van der Waals surface area contributed by atoms with E-state index in [1.165, 1.54) is 24.6 Å². The Labute approximate surface area is 193 Å². The van der Waals surface area contributed by atoms with E-state index >= 15 is 0 Å². The molecule has 1 fully saturated rings. The molecule has 2 aromatic rings. The standard InChI is InChI=1S/C23H29Cl2N3O3/c1-16(29)27-21-13-20(25)22(30)14-23(21)31-12-2-9-26-19-7-10-28(11-8-19)15-17-3-5-18(24)6-4-17/h3-6,13-14,19,26,30H,2,7-12,15H2,1H3,(H,27,29). The van der Waals surface area contributed by atoms with E-state index in [2.05, 4.69) is 27.7 Å². The lowest BCUT2D eigenvalue weighted by molar-refractivity contribution is -0.114. The highest BCUT2D eigenvalue weighted by atomic mass is 35.5. The van der Waals surface area contributed by atoms with Crippen LogP contribution in [-0.4, -0.2) is 48.2 Å². The minimum Gasteiger partial charge on any atom is -0.506 e. The molecule has 0 spiro atoms. The van der Waals surface area contributed by atoms with E-state index < -0.39 is 0 Å². The predicted octanol–water partition coefficient (Wildman–Crippen LogP) is 4.68. The lowest BCUT2D eigenvalue weighted by Crippen LogP contribution is -2.42. The van der Waals surface area contributed by atoms with Crippen molar-refractivity contribution in [2.75, 3.05) is 31.6 Å². The van der Waals surface area contributed by atoms with Crippen molar-refractivity contribution >= 4 is 34.8 Å². The second kappa shape index (κ2) is 11.6. The number of anilines is 1. The molecule has 8 heteroatoms. The minimum atomic E-state index is -0.226. The Balaban J connectivity index is 1.35. The number of piperidine rings is 1. The number of carbonyl (C=O) groups excluding carboxylic acids is 1. The number of hydrogen-bond donors (Lipinski definition) is 3. The molecule has 3 N–H and O–H groups in total. The van der Waals surface area contributed by atoms with Gasteiger partial charge in [0.15, 0.2) is 0 Å². The van der Waals surface area contributed by atoms with Gasteiger partial charge in [0, 0.05) is 30.6 Å². The van der Waals surface area contributed by atoms with Crippen LogP contribution in [0, 0.1) is 0 Å². The number of carbonyl (C=O) groups is 1. The Morgan fingerprint density at radius 1 is 1.19 bits per heavy atom. The molecular weight excluding hydrogens is 437 g/mol. The summed E-state index contributed by atoms with van der Waals surface area (Å²) in [5.41, 5.74) is 1.75. The van der Waals surface area contributed by atoms with Gasteiger partial charge in [-0.3, -0.25) is 9.69 Å². The molecular formula is C23H29Cl2N3O3. The fourth-order valence-electron chi connectivity index (χ4n) is 3.65. The van der Waals surface area contributed by atoms with Crippen molar-refractivity contribution in [1.82, 2.24) is 10.2 Å². The molecule has 3 rings (SSSR count). The van der Waals surface area contributed by atoms with Gasteiger partial charge in [-0.1, -0.05) is 35.3 Å². The predicted molar refractivity (Wildman–Crippen MR) is 125 cm³/mol. The maximum absolute atomic E-state index is 11.4. The first-order valence-electron chi connectivity index (χ1n) is 10.5. The summed E-state index contributed by atoms with van der Waals surface area (Å²) < 4.78 is 5.76. The van der Waals surface area contributed by atoms with Gasteiger partial charge in [0.25, 0.3) is 0 Å². The number of nitrogens with zero attached hydrogens (tertiary/aromatic N) is 1. The first-order valence-corrected chi connectivity index (χ1v) is 11.3. The van der Waals surface area contributed by atoms with Crippen LogP contribution in [0.1, 0.15) is 31.7 Å². The van der Waals surface area contributed by atoms with Crippen LogP contribution < -0.4 is 15.4 Å². The summed E-state index contributed by atoms with van der Waals surface area (Å²) >= 11 is 11.9. The van der Waals surface area contributed by atoms with Gasteiger partial charge in [0.1, 0.15) is 11.5 Å². The Hall–Kier alpha value is -1.99. The first kappa shape index (κ1) is 23.7. The Bertz CT molecular complexity index is 869. The zero-order valence-electron chi connectivity index (χ0n) is 17.7. The third-order valence-corrected chi connectivity index (χ3v) is 5.83. The second-order valence-corrected chi connectivity index (χ2v) is 8.66. The monoisotopic (exact) mass is 465 g/mol. The Morgan fingerprint density at radius 3 is 2.58 bits per heavy atom. The average molecular weight is 466 g/mol. The molecule has 168 valence electrons. The average Bonchev–Trinajstić information content (AvgIpc) is 2.73. The Kier molecular flexibility index (Phi) is 8.84. The molecule has 1 saturated heterocycles. The summed E-state index contributed by atoms with van der Waals surface area (Å²) in [6.45, 7) is 5.83. The maximum atomic E-state index is 11.4. The van der Waals surface area contributed by atoms with E-state index in [9.17, 15) is 9.90 Å². The highest BCUT2D eigenvalue weighted by Gasteiger charge is 2.18. The van der Waals surface area contributed by atoms with Gasteiger partial charge in [-0.2, -0.15) is 0 Å². The molecule has 0 unspecified atom stereocenters. The number of amides is 1. The molecule has 1 heterocycles. The van der Waals surface area contributed by atoms with Crippen molar-refractivity contribution in [3.63, 3.8) is 0 Å². The number of aromatic hydroxyl groups is 1. The molecule has 31 heavy (non-hydrogen) atoms. The minimum absolute atomic E-state index is 0.0748. The van der Waals surface area contributed by atoms with E-state index in [4.69, 9.17) is 27.9 Å². The third-order valence-electron chi connectivity index (χ3n) is 5.28. The van der Waals surface area contributed by atoms with E-state index in [0.29, 0.717) is 24.1 Å². The van der Waals surface area contributed by atoms with E-state index in [0.717, 1.165) is 50.5 Å². The highest BCUT2D eigenvalue weighted by Crippen LogP contribution is 2.35. The molecule has 6 nitrogen and oxygen atoms in total. The maximum Gasteiger partial charge on any atom is 0.221 e. The van der Waals surface area contributed by atoms with Gasteiger partial charge in [-0.05, 0) is 62.7 Å². The molecule has 0 bridgehead atoms. The number of nitrogens with one attached hydrogen (secondary N) is 2. The van der Waals surface area contributed by atoms with Crippen molar-refractivity contribution in [1.29, 1.82) is 0 Å². The second-order valence-electron chi connectivity index (χ2n) is 7.81. The lowest BCUT2D eigenvalue weighted by Gasteiger charge is -2.32. The van der Waals surface area contributed by atoms with Gasteiger partial charge in [-0.15, -0.1) is 0 Å². The number of halogens is 2. The number of rotatable bonds is 9. The van der Waals surface area contributed by atoms with Gasteiger partial charge in [-0.25, -0.2) is 0 Å². The van der Waals surface area contributed by atoms with Crippen LogP contribution >= 0.6 is 23.2 Å². The number of ether oxygens (including phenoxy) is 1. The zero-order chi connectivity index (χ0) is 22.2. The van der Waals surface area contributed by atoms with Crippen molar-refractivity contribution in [2.24, 2.45) is 0 Å². The van der Waals surface area contributed by atoms with Gasteiger partial charge in [0.2, 0.25) is 5.91 Å². The van der Waals surface area contributed by atoms with Crippen LogP contribution in [0.3, 0.4) is 0 Å². The van der Waals surface area contributed by atoms with Crippen LogP contribution in [0.5, 0.6) is 11.5 Å². The van der Waals surface area contributed by atoms with Crippen LogP contribution in [-0.2, 0) is 11.3 Å². The number of phenolic OH excluding ortho intramolecular Hbond substituents is 1. The number of hydrogen-bond acceptors (Lipinski definition) is 5. The fraction of sp³-hybridized carbons (Fsp3) is 0.435. The highest BCUT2D eigenvalue weighted by molar-refractivity contribution is 6.32. The van der Waals surface area contributed by atoms with E-state index in [-0.39, 0.29) is 16.7 Å². The van der Waals surface area contributed by atoms with Gasteiger partial charge in [0.05, 0.1) is 17.3 Å². The normalized spacial score (nSPS) is 15.1. The van der Waals surface area contributed by atoms with Crippen molar-refractivity contribution < 1.29 is 14.6 Å². The van der Waals surface area contributed by atoms with Crippen LogP contribution in [0.25, 0.3) is 0 Å². The van der Waals surface area contributed by atoms with Gasteiger partial charge >= 0.3 is 0 Å². The van der Waals surface area contributed by atoms with Crippen LogP contribution in [0.15, 0.2) is 36.4 Å². The third kappa shape index (κ3) is 7.58. The SMILES string of the molecule is CC(=O)Nc1cc(Cl)c(O)cc1OCCCNC1CCN(Cc2ccc(Cl)cc2)CC1. The molecule has 0 radical (unpaired) electrons. The molecule has 1 aliphatic rings. The number of phenols is 1. The first-order chi connectivity index (χ1) is 14.9. The fourth-order valence-corrected chi connectivity index (χ4v) is 3.94. The van der Waals surface area contributed by atoms with E-state index in [1.54, 1.807) is 0 Å². The smallest absolute Gasteiger partial charge is 0.221 e. The number of benzene rings is 2. The largest absolute Gasteiger partial charge is 0.506 e. The molecule has 0 aliphatic carbocycles.